The SMILES string of the molecule is CCOC(=O)C(N)=C(C(=Nc1cnc(N(C)C)nc1OC)C(C)C)C(Nc1cc(Cl)c(=O)n(C)c1)c1ccc(C#N)c(F)c1. The zero-order valence-corrected chi connectivity index (χ0v) is 26.2. The Kier molecular flexibility index (Phi) is 11.0. The summed E-state index contributed by atoms with van der Waals surface area (Å²) in [6.07, 6.45) is 2.96. The van der Waals surface area contributed by atoms with E-state index in [1.165, 1.54) is 49.3 Å². The molecule has 1 unspecified atom stereocenters. The summed E-state index contributed by atoms with van der Waals surface area (Å²) in [7, 11) is 6.50. The molecule has 232 valence electrons. The maximum atomic E-state index is 15.1. The van der Waals surface area contributed by atoms with Crippen LogP contribution in [0.2, 0.25) is 5.02 Å². The maximum absolute atomic E-state index is 15.1. The molecule has 0 spiro atoms. The van der Waals surface area contributed by atoms with Crippen molar-refractivity contribution in [3.8, 4) is 11.9 Å². The minimum atomic E-state index is -1.07. The number of rotatable bonds is 11. The number of aliphatic imine (C=N–C) groups is 1. The summed E-state index contributed by atoms with van der Waals surface area (Å²) >= 11 is 6.20. The lowest BCUT2D eigenvalue weighted by Gasteiger charge is -2.28. The topological polar surface area (TPSA) is 161 Å². The van der Waals surface area contributed by atoms with Gasteiger partial charge in [-0.25, -0.2) is 19.2 Å². The van der Waals surface area contributed by atoms with E-state index in [0.717, 1.165) is 6.07 Å². The van der Waals surface area contributed by atoms with Gasteiger partial charge in [-0.3, -0.25) is 4.79 Å². The number of ether oxygens (including phenoxy) is 2. The Morgan fingerprint density at radius 3 is 2.57 bits per heavy atom. The second kappa shape index (κ2) is 14.5. The molecule has 0 aliphatic rings. The highest BCUT2D eigenvalue weighted by Gasteiger charge is 2.30. The number of halogens is 2. The molecule has 1 aromatic carbocycles. The monoisotopic (exact) mass is 624 g/mol. The lowest BCUT2D eigenvalue weighted by molar-refractivity contribution is -0.138. The number of carbonyl (C=O) groups is 1. The predicted molar refractivity (Wildman–Crippen MR) is 167 cm³/mol. The second-order valence-electron chi connectivity index (χ2n) is 10.1. The molecule has 0 fully saturated rings. The van der Waals surface area contributed by atoms with Crippen molar-refractivity contribution in [2.75, 3.05) is 38.0 Å². The van der Waals surface area contributed by atoms with Crippen LogP contribution in [0.25, 0.3) is 0 Å². The number of benzene rings is 1. The Morgan fingerprint density at radius 2 is 2.02 bits per heavy atom. The van der Waals surface area contributed by atoms with Crippen molar-refractivity contribution in [1.29, 1.82) is 5.26 Å². The molecule has 3 rings (SSSR count). The zero-order valence-electron chi connectivity index (χ0n) is 25.5. The molecule has 2 heterocycles. The normalized spacial score (nSPS) is 12.7. The van der Waals surface area contributed by atoms with Gasteiger partial charge in [0.15, 0.2) is 0 Å². The van der Waals surface area contributed by atoms with Gasteiger partial charge >= 0.3 is 5.97 Å². The number of nitrogens with one attached hydrogen (secondary N) is 1. The summed E-state index contributed by atoms with van der Waals surface area (Å²) in [6.45, 7) is 5.33. The zero-order chi connectivity index (χ0) is 32.7. The Bertz CT molecular complexity index is 1690. The molecule has 12 nitrogen and oxygen atoms in total. The van der Waals surface area contributed by atoms with E-state index in [1.54, 1.807) is 32.0 Å². The lowest BCUT2D eigenvalue weighted by Crippen LogP contribution is -2.30. The van der Waals surface area contributed by atoms with Crippen LogP contribution in [0.15, 0.2) is 57.7 Å². The number of methoxy groups -OCH3 is 1. The van der Waals surface area contributed by atoms with Crippen LogP contribution in [-0.4, -0.2) is 54.0 Å². The molecule has 0 bridgehead atoms. The van der Waals surface area contributed by atoms with E-state index in [-0.39, 0.29) is 51.5 Å². The smallest absolute Gasteiger partial charge is 0.354 e. The molecule has 3 N–H and O–H groups in total. The maximum Gasteiger partial charge on any atom is 0.354 e. The van der Waals surface area contributed by atoms with Gasteiger partial charge in [-0.1, -0.05) is 31.5 Å². The first-order valence-electron chi connectivity index (χ1n) is 13.5. The van der Waals surface area contributed by atoms with E-state index < -0.39 is 23.4 Å². The van der Waals surface area contributed by atoms with Gasteiger partial charge in [0.05, 0.1) is 42.9 Å². The van der Waals surface area contributed by atoms with Crippen molar-refractivity contribution >= 4 is 40.6 Å². The average Bonchev–Trinajstić information content (AvgIpc) is 2.98. The first kappa shape index (κ1) is 33.5. The number of anilines is 2. The van der Waals surface area contributed by atoms with Gasteiger partial charge in [-0.05, 0) is 36.6 Å². The fraction of sp³-hybridized carbons (Fsp3) is 0.333. The van der Waals surface area contributed by atoms with E-state index in [0.29, 0.717) is 17.3 Å². The van der Waals surface area contributed by atoms with Gasteiger partial charge in [-0.2, -0.15) is 10.2 Å². The number of nitrogens with two attached hydrogens (primary N) is 1. The molecule has 1 atom stereocenters. The van der Waals surface area contributed by atoms with Crippen molar-refractivity contribution in [2.45, 2.75) is 26.8 Å². The average molecular weight is 625 g/mol. The van der Waals surface area contributed by atoms with Crippen molar-refractivity contribution in [2.24, 2.45) is 23.7 Å². The van der Waals surface area contributed by atoms with Crippen molar-refractivity contribution in [1.82, 2.24) is 14.5 Å². The van der Waals surface area contributed by atoms with Crippen molar-refractivity contribution < 1.29 is 18.7 Å². The van der Waals surface area contributed by atoms with Crippen LogP contribution in [0, 0.1) is 23.1 Å². The minimum absolute atomic E-state index is 0.0363. The van der Waals surface area contributed by atoms with E-state index in [4.69, 9.17) is 31.8 Å². The summed E-state index contributed by atoms with van der Waals surface area (Å²) in [4.78, 5) is 40.8. The van der Waals surface area contributed by atoms with Gasteiger partial charge in [0.1, 0.15) is 28.3 Å². The summed E-state index contributed by atoms with van der Waals surface area (Å²) in [5.74, 6) is -1.46. The van der Waals surface area contributed by atoms with Crippen LogP contribution in [0.4, 0.5) is 21.7 Å². The largest absolute Gasteiger partial charge is 0.479 e. The summed E-state index contributed by atoms with van der Waals surface area (Å²) in [5.41, 5.74) is 6.94. The van der Waals surface area contributed by atoms with Crippen LogP contribution < -0.4 is 26.2 Å². The number of nitriles is 1. The highest BCUT2D eigenvalue weighted by atomic mass is 35.5. The molecule has 0 saturated carbocycles. The number of pyridine rings is 1. The number of nitrogens with zero attached hydrogens (tertiary/aromatic N) is 6. The number of esters is 1. The number of hydrogen-bond donors (Lipinski definition) is 2. The van der Waals surface area contributed by atoms with Crippen LogP contribution in [0.1, 0.15) is 37.9 Å². The number of carbonyl (C=O) groups excluding carboxylic acids is 1. The second-order valence-corrected chi connectivity index (χ2v) is 10.5. The van der Waals surface area contributed by atoms with Gasteiger partial charge in [-0.15, -0.1) is 0 Å². The molecule has 0 amide bonds. The van der Waals surface area contributed by atoms with Crippen LogP contribution >= 0.6 is 11.6 Å². The molecule has 0 saturated heterocycles. The molecule has 0 aliphatic carbocycles. The van der Waals surface area contributed by atoms with E-state index >= 15 is 4.39 Å². The summed E-state index contributed by atoms with van der Waals surface area (Å²) < 4.78 is 27.1. The van der Waals surface area contributed by atoms with E-state index in [1.807, 2.05) is 13.8 Å². The van der Waals surface area contributed by atoms with Gasteiger partial charge < -0.3 is 30.0 Å². The van der Waals surface area contributed by atoms with E-state index in [2.05, 4.69) is 15.3 Å². The fourth-order valence-electron chi connectivity index (χ4n) is 4.22. The van der Waals surface area contributed by atoms with Crippen LogP contribution in [0.3, 0.4) is 0 Å². The number of hydrogen-bond acceptors (Lipinski definition) is 11. The third-order valence-electron chi connectivity index (χ3n) is 6.35. The first-order chi connectivity index (χ1) is 20.8. The third-order valence-corrected chi connectivity index (χ3v) is 6.62. The Hall–Kier alpha value is -4.96. The minimum Gasteiger partial charge on any atom is -0.479 e. The molecule has 0 aliphatic heterocycles. The highest BCUT2D eigenvalue weighted by molar-refractivity contribution is 6.30. The predicted octanol–water partition coefficient (Wildman–Crippen LogP) is 4.27. The quantitative estimate of drug-likeness (QED) is 0.179. The molecule has 3 aromatic rings. The summed E-state index contributed by atoms with van der Waals surface area (Å²) in [6, 6.07) is 6.13. The third kappa shape index (κ3) is 7.51. The molecule has 44 heavy (non-hydrogen) atoms. The molecule has 2 aromatic heterocycles. The first-order valence-corrected chi connectivity index (χ1v) is 13.9. The number of aryl methyl sites for hydroxylation is 1. The molecule has 0 radical (unpaired) electrons. The molecular weight excluding hydrogens is 591 g/mol. The number of aromatic nitrogens is 3. The lowest BCUT2D eigenvalue weighted by atomic mass is 9.87. The Morgan fingerprint density at radius 1 is 1.32 bits per heavy atom. The fourth-order valence-corrected chi connectivity index (χ4v) is 4.48. The standard InChI is InChI=1S/C30H34ClFN8O4/c1-8-44-29(42)24(34)23(25(16(2)3)37-22-14-35-30(39(4)5)38-27(22)43-7)26(17-9-10-18(13-33)21(32)11-17)36-19-12-20(31)28(41)40(6)15-19/h9-12,14-16,26,36H,8,34H2,1-7H3. The highest BCUT2D eigenvalue weighted by Crippen LogP contribution is 2.35. The Labute approximate surface area is 259 Å². The summed E-state index contributed by atoms with van der Waals surface area (Å²) in [5, 5.41) is 12.5. The van der Waals surface area contributed by atoms with Crippen LogP contribution in [-0.2, 0) is 16.6 Å². The van der Waals surface area contributed by atoms with Gasteiger partial charge in [0.2, 0.25) is 11.8 Å². The molecule has 14 heteroatoms. The van der Waals surface area contributed by atoms with Gasteiger partial charge in [0, 0.05) is 32.9 Å². The van der Waals surface area contributed by atoms with Gasteiger partial charge in [0.25, 0.3) is 5.56 Å². The van der Waals surface area contributed by atoms with E-state index in [9.17, 15) is 14.9 Å². The Balaban J connectivity index is 2.42. The van der Waals surface area contributed by atoms with Crippen LogP contribution in [0.5, 0.6) is 5.88 Å². The van der Waals surface area contributed by atoms with Crippen molar-refractivity contribution in [3.05, 3.63) is 80.2 Å². The molecular formula is C30H34ClFN8O4. The van der Waals surface area contributed by atoms with Crippen molar-refractivity contribution in [3.63, 3.8) is 0 Å².